The topological polar surface area (TPSA) is 50.3 Å². The van der Waals surface area contributed by atoms with E-state index in [1.54, 1.807) is 17.3 Å². The van der Waals surface area contributed by atoms with E-state index < -0.39 is 5.91 Å². The molecule has 0 radical (unpaired) electrons. The molecule has 1 unspecified atom stereocenters. The third kappa shape index (κ3) is 2.10. The van der Waals surface area contributed by atoms with Crippen LogP contribution in [0, 0.1) is 0 Å². The highest BCUT2D eigenvalue weighted by Crippen LogP contribution is 2.30. The van der Waals surface area contributed by atoms with Gasteiger partial charge in [0.1, 0.15) is 0 Å². The Morgan fingerprint density at radius 2 is 2.12 bits per heavy atom. The Bertz CT molecular complexity index is 378. The molecule has 4 heteroatoms. The molecule has 84 valence electrons. The van der Waals surface area contributed by atoms with Crippen molar-refractivity contribution in [2.75, 3.05) is 6.54 Å². The lowest BCUT2D eigenvalue weighted by Gasteiger charge is -2.34. The first-order valence-corrected chi connectivity index (χ1v) is 5.48. The summed E-state index contributed by atoms with van der Waals surface area (Å²) in [6, 6.07) is 3.84. The van der Waals surface area contributed by atoms with Crippen molar-refractivity contribution in [1.29, 1.82) is 0 Å². The summed E-state index contributed by atoms with van der Waals surface area (Å²) >= 11 is 0. The number of hydrogen-bond donors (Lipinski definition) is 0. The Kier molecular flexibility index (Phi) is 3.29. The van der Waals surface area contributed by atoms with E-state index in [1.165, 1.54) is 0 Å². The van der Waals surface area contributed by atoms with E-state index in [-0.39, 0.29) is 6.04 Å². The van der Waals surface area contributed by atoms with Gasteiger partial charge in [-0.2, -0.15) is 0 Å². The number of nitrogens with zero attached hydrogens (tertiary/aromatic N) is 2. The molecule has 1 aliphatic heterocycles. The molecule has 1 amide bonds. The lowest BCUT2D eigenvalue weighted by Crippen LogP contribution is -2.39. The fourth-order valence-electron chi connectivity index (χ4n) is 2.20. The first-order valence-electron chi connectivity index (χ1n) is 5.48. The molecular formula is C12H14N2O2. The SMILES string of the molecule is O=CC(=O)N1CCCCC1c1ccncc1. The van der Waals surface area contributed by atoms with E-state index in [9.17, 15) is 9.59 Å². The van der Waals surface area contributed by atoms with Crippen LogP contribution in [-0.2, 0) is 9.59 Å². The zero-order chi connectivity index (χ0) is 11.4. The van der Waals surface area contributed by atoms with Crippen molar-refractivity contribution in [2.24, 2.45) is 0 Å². The maximum absolute atomic E-state index is 11.5. The standard InChI is InChI=1S/C12H14N2O2/c15-9-12(16)14-8-2-1-3-11(14)10-4-6-13-7-5-10/h4-7,9,11H,1-3,8H2. The summed E-state index contributed by atoms with van der Waals surface area (Å²) in [5.41, 5.74) is 1.06. The van der Waals surface area contributed by atoms with E-state index in [2.05, 4.69) is 4.98 Å². The molecule has 0 N–H and O–H groups in total. The summed E-state index contributed by atoms with van der Waals surface area (Å²) in [4.78, 5) is 27.7. The van der Waals surface area contributed by atoms with Gasteiger partial charge >= 0.3 is 0 Å². The maximum atomic E-state index is 11.5. The zero-order valence-corrected chi connectivity index (χ0v) is 9.00. The monoisotopic (exact) mass is 218 g/mol. The highest BCUT2D eigenvalue weighted by atomic mass is 16.2. The van der Waals surface area contributed by atoms with Gasteiger partial charge in [0.25, 0.3) is 5.91 Å². The Morgan fingerprint density at radius 3 is 2.81 bits per heavy atom. The summed E-state index contributed by atoms with van der Waals surface area (Å²) in [5, 5.41) is 0. The molecule has 1 aromatic heterocycles. The van der Waals surface area contributed by atoms with Crippen LogP contribution in [0.2, 0.25) is 0 Å². The van der Waals surface area contributed by atoms with E-state index in [0.29, 0.717) is 12.8 Å². The summed E-state index contributed by atoms with van der Waals surface area (Å²) in [6.07, 6.45) is 6.82. The van der Waals surface area contributed by atoms with Gasteiger partial charge in [-0.25, -0.2) is 0 Å². The van der Waals surface area contributed by atoms with Crippen molar-refractivity contribution in [3.8, 4) is 0 Å². The predicted molar refractivity (Wildman–Crippen MR) is 58.6 cm³/mol. The van der Waals surface area contributed by atoms with E-state index >= 15 is 0 Å². The maximum Gasteiger partial charge on any atom is 0.287 e. The summed E-state index contributed by atoms with van der Waals surface area (Å²) in [7, 11) is 0. The van der Waals surface area contributed by atoms with Crippen LogP contribution in [-0.4, -0.2) is 28.6 Å². The molecule has 0 spiro atoms. The minimum Gasteiger partial charge on any atom is -0.329 e. The number of aromatic nitrogens is 1. The average Bonchev–Trinajstić information content (AvgIpc) is 2.39. The van der Waals surface area contributed by atoms with E-state index in [4.69, 9.17) is 0 Å². The van der Waals surface area contributed by atoms with Gasteiger partial charge < -0.3 is 4.90 Å². The summed E-state index contributed by atoms with van der Waals surface area (Å²) < 4.78 is 0. The quantitative estimate of drug-likeness (QED) is 0.556. The third-order valence-electron chi connectivity index (χ3n) is 2.98. The lowest BCUT2D eigenvalue weighted by atomic mass is 9.96. The third-order valence-corrected chi connectivity index (χ3v) is 2.98. The number of carbonyl (C=O) groups is 2. The van der Waals surface area contributed by atoms with Gasteiger partial charge in [0.2, 0.25) is 6.29 Å². The average molecular weight is 218 g/mol. The fraction of sp³-hybridized carbons (Fsp3) is 0.417. The number of carbonyl (C=O) groups excluding carboxylic acids is 2. The van der Waals surface area contributed by atoms with Crippen LogP contribution in [0.25, 0.3) is 0 Å². The Morgan fingerprint density at radius 1 is 1.38 bits per heavy atom. The first kappa shape index (κ1) is 10.8. The second kappa shape index (κ2) is 4.88. The Balaban J connectivity index is 2.23. The predicted octanol–water partition coefficient (Wildman–Crippen LogP) is 1.33. The molecule has 1 aromatic rings. The van der Waals surface area contributed by atoms with Crippen LogP contribution in [0.3, 0.4) is 0 Å². The van der Waals surface area contributed by atoms with E-state index in [1.807, 2.05) is 12.1 Å². The molecule has 1 fully saturated rings. The van der Waals surface area contributed by atoms with Gasteiger partial charge in [-0.1, -0.05) is 0 Å². The number of likely N-dealkylation sites (tertiary alicyclic amines) is 1. The number of amides is 1. The van der Waals surface area contributed by atoms with Crippen LogP contribution >= 0.6 is 0 Å². The van der Waals surface area contributed by atoms with Crippen LogP contribution in [0.15, 0.2) is 24.5 Å². The van der Waals surface area contributed by atoms with Crippen molar-refractivity contribution in [1.82, 2.24) is 9.88 Å². The van der Waals surface area contributed by atoms with Gasteiger partial charge in [0, 0.05) is 18.9 Å². The second-order valence-electron chi connectivity index (χ2n) is 3.94. The number of hydrogen-bond acceptors (Lipinski definition) is 3. The number of piperidine rings is 1. The zero-order valence-electron chi connectivity index (χ0n) is 9.00. The minimum absolute atomic E-state index is 0.0365. The van der Waals surface area contributed by atoms with Crippen molar-refractivity contribution >= 4 is 12.2 Å². The molecule has 4 nitrogen and oxygen atoms in total. The normalized spacial score (nSPS) is 20.5. The Labute approximate surface area is 94.3 Å². The number of aldehydes is 1. The fourth-order valence-corrected chi connectivity index (χ4v) is 2.20. The molecule has 1 aliphatic rings. The van der Waals surface area contributed by atoms with Gasteiger partial charge in [0.15, 0.2) is 0 Å². The van der Waals surface area contributed by atoms with Crippen molar-refractivity contribution in [3.63, 3.8) is 0 Å². The van der Waals surface area contributed by atoms with Crippen molar-refractivity contribution < 1.29 is 9.59 Å². The number of pyridine rings is 1. The molecule has 0 aromatic carbocycles. The van der Waals surface area contributed by atoms with Gasteiger partial charge in [-0.3, -0.25) is 14.6 Å². The highest BCUT2D eigenvalue weighted by Gasteiger charge is 2.27. The highest BCUT2D eigenvalue weighted by molar-refractivity contribution is 6.23. The Hall–Kier alpha value is -1.71. The first-order chi connectivity index (χ1) is 7.83. The van der Waals surface area contributed by atoms with Crippen LogP contribution < -0.4 is 0 Å². The second-order valence-corrected chi connectivity index (χ2v) is 3.94. The summed E-state index contributed by atoms with van der Waals surface area (Å²) in [6.45, 7) is 0.671. The molecular weight excluding hydrogens is 204 g/mol. The molecule has 0 saturated carbocycles. The smallest absolute Gasteiger partial charge is 0.287 e. The van der Waals surface area contributed by atoms with Gasteiger partial charge in [-0.15, -0.1) is 0 Å². The van der Waals surface area contributed by atoms with Crippen molar-refractivity contribution in [3.05, 3.63) is 30.1 Å². The molecule has 1 saturated heterocycles. The minimum atomic E-state index is -0.415. The molecule has 0 bridgehead atoms. The molecule has 16 heavy (non-hydrogen) atoms. The van der Waals surface area contributed by atoms with Crippen LogP contribution in [0.5, 0.6) is 0 Å². The number of rotatable bonds is 2. The van der Waals surface area contributed by atoms with Crippen LogP contribution in [0.1, 0.15) is 30.9 Å². The molecule has 1 atom stereocenters. The van der Waals surface area contributed by atoms with Gasteiger partial charge in [-0.05, 0) is 37.0 Å². The molecule has 2 rings (SSSR count). The van der Waals surface area contributed by atoms with Crippen molar-refractivity contribution in [2.45, 2.75) is 25.3 Å². The summed E-state index contributed by atoms with van der Waals surface area (Å²) in [5.74, 6) is -0.415. The molecule has 0 aliphatic carbocycles. The molecule has 2 heterocycles. The van der Waals surface area contributed by atoms with Gasteiger partial charge in [0.05, 0.1) is 6.04 Å². The largest absolute Gasteiger partial charge is 0.329 e. The van der Waals surface area contributed by atoms with E-state index in [0.717, 1.165) is 24.8 Å². The van der Waals surface area contributed by atoms with Crippen LogP contribution in [0.4, 0.5) is 0 Å². The lowest BCUT2D eigenvalue weighted by molar-refractivity contribution is -0.141.